The maximum absolute atomic E-state index is 10.7. The molecule has 1 aromatic carbocycles. The number of benzene rings is 1. The van der Waals surface area contributed by atoms with E-state index >= 15 is 0 Å². The van der Waals surface area contributed by atoms with Gasteiger partial charge in [-0.3, -0.25) is 4.79 Å². The highest BCUT2D eigenvalue weighted by atomic mass is 16.5. The first-order valence-electron chi connectivity index (χ1n) is 5.97. The van der Waals surface area contributed by atoms with Gasteiger partial charge in [-0.2, -0.15) is 0 Å². The van der Waals surface area contributed by atoms with Gasteiger partial charge in [-0.25, -0.2) is 0 Å². The van der Waals surface area contributed by atoms with E-state index in [1.165, 1.54) is 0 Å². The van der Waals surface area contributed by atoms with Crippen LogP contribution in [0.5, 0.6) is 11.5 Å². The zero-order valence-electron chi connectivity index (χ0n) is 11.5. The first kappa shape index (κ1) is 14.5. The Morgan fingerprint density at radius 2 is 2.06 bits per heavy atom. The Labute approximate surface area is 108 Å². The van der Waals surface area contributed by atoms with Gasteiger partial charge in [0, 0.05) is 18.0 Å². The summed E-state index contributed by atoms with van der Waals surface area (Å²) >= 11 is 0. The van der Waals surface area contributed by atoms with Crippen LogP contribution in [0, 0.1) is 5.92 Å². The number of hydrogen-bond acceptors (Lipinski definition) is 4. The molecule has 0 amide bonds. The quantitative estimate of drug-likeness (QED) is 0.696. The molecule has 1 unspecified atom stereocenters. The highest BCUT2D eigenvalue weighted by molar-refractivity contribution is 5.76. The molecule has 0 saturated carbocycles. The Bertz CT molecular complexity index is 391. The standard InChI is InChI=1S/C14H21NO3/c1-11(8-15(2)3)10-18-13-6-5-12(9-16)7-14(13)17-4/h5-7,9,11H,8,10H2,1-4H3. The van der Waals surface area contributed by atoms with Gasteiger partial charge in [0.2, 0.25) is 0 Å². The average molecular weight is 251 g/mol. The predicted octanol–water partition coefficient (Wildman–Crippen LogP) is 2.08. The molecule has 0 bridgehead atoms. The average Bonchev–Trinajstić information content (AvgIpc) is 2.35. The second kappa shape index (κ2) is 7.01. The molecule has 0 aliphatic heterocycles. The zero-order chi connectivity index (χ0) is 13.5. The van der Waals surface area contributed by atoms with Crippen molar-refractivity contribution in [2.24, 2.45) is 5.92 Å². The van der Waals surface area contributed by atoms with Crippen LogP contribution in [-0.2, 0) is 0 Å². The van der Waals surface area contributed by atoms with Crippen LogP contribution in [0.1, 0.15) is 17.3 Å². The highest BCUT2D eigenvalue weighted by Crippen LogP contribution is 2.27. The van der Waals surface area contributed by atoms with Crippen LogP contribution >= 0.6 is 0 Å². The minimum absolute atomic E-state index is 0.426. The predicted molar refractivity (Wildman–Crippen MR) is 71.6 cm³/mol. The maximum atomic E-state index is 10.7. The van der Waals surface area contributed by atoms with Gasteiger partial charge in [0.05, 0.1) is 13.7 Å². The van der Waals surface area contributed by atoms with Crippen molar-refractivity contribution in [1.29, 1.82) is 0 Å². The van der Waals surface area contributed by atoms with Gasteiger partial charge in [0.25, 0.3) is 0 Å². The highest BCUT2D eigenvalue weighted by Gasteiger charge is 2.09. The van der Waals surface area contributed by atoms with Gasteiger partial charge in [-0.15, -0.1) is 0 Å². The summed E-state index contributed by atoms with van der Waals surface area (Å²) in [5.74, 6) is 1.70. The molecule has 4 heteroatoms. The molecular formula is C14H21NO3. The molecule has 0 aliphatic rings. The van der Waals surface area contributed by atoms with Crippen LogP contribution in [0.15, 0.2) is 18.2 Å². The van der Waals surface area contributed by atoms with E-state index in [2.05, 4.69) is 11.8 Å². The van der Waals surface area contributed by atoms with Gasteiger partial charge >= 0.3 is 0 Å². The van der Waals surface area contributed by atoms with E-state index in [0.29, 0.717) is 29.6 Å². The van der Waals surface area contributed by atoms with E-state index in [-0.39, 0.29) is 0 Å². The van der Waals surface area contributed by atoms with E-state index in [0.717, 1.165) is 12.8 Å². The molecule has 0 aromatic heterocycles. The molecule has 1 rings (SSSR count). The molecule has 0 spiro atoms. The number of methoxy groups -OCH3 is 1. The number of carbonyl (C=O) groups is 1. The lowest BCUT2D eigenvalue weighted by Crippen LogP contribution is -2.24. The topological polar surface area (TPSA) is 38.8 Å². The van der Waals surface area contributed by atoms with Gasteiger partial charge < -0.3 is 14.4 Å². The largest absolute Gasteiger partial charge is 0.493 e. The summed E-state index contributed by atoms with van der Waals surface area (Å²) in [7, 11) is 5.64. The lowest BCUT2D eigenvalue weighted by molar-refractivity contribution is 0.112. The molecule has 1 atom stereocenters. The molecule has 0 heterocycles. The van der Waals surface area contributed by atoms with Crippen molar-refractivity contribution < 1.29 is 14.3 Å². The maximum Gasteiger partial charge on any atom is 0.161 e. The van der Waals surface area contributed by atoms with Crippen LogP contribution in [0.3, 0.4) is 0 Å². The van der Waals surface area contributed by atoms with E-state index < -0.39 is 0 Å². The molecule has 0 fully saturated rings. The Hall–Kier alpha value is -1.55. The minimum atomic E-state index is 0.426. The van der Waals surface area contributed by atoms with Crippen LogP contribution in [0.2, 0.25) is 0 Å². The molecule has 0 saturated heterocycles. The van der Waals surface area contributed by atoms with Crippen molar-refractivity contribution in [3.8, 4) is 11.5 Å². The fourth-order valence-electron chi connectivity index (χ4n) is 1.78. The monoisotopic (exact) mass is 251 g/mol. The molecule has 4 nitrogen and oxygen atoms in total. The number of carbonyl (C=O) groups excluding carboxylic acids is 1. The third-order valence-electron chi connectivity index (χ3n) is 2.52. The molecule has 0 aliphatic carbocycles. The SMILES string of the molecule is COc1cc(C=O)ccc1OCC(C)CN(C)C. The number of nitrogens with zero attached hydrogens (tertiary/aromatic N) is 1. The fraction of sp³-hybridized carbons (Fsp3) is 0.500. The minimum Gasteiger partial charge on any atom is -0.493 e. The Morgan fingerprint density at radius 1 is 1.33 bits per heavy atom. The number of ether oxygens (including phenoxy) is 2. The summed E-state index contributed by atoms with van der Waals surface area (Å²) in [4.78, 5) is 12.8. The second-order valence-electron chi connectivity index (χ2n) is 4.71. The third kappa shape index (κ3) is 4.37. The smallest absolute Gasteiger partial charge is 0.161 e. The van der Waals surface area contributed by atoms with Crippen molar-refractivity contribution in [3.63, 3.8) is 0 Å². The van der Waals surface area contributed by atoms with E-state index in [4.69, 9.17) is 9.47 Å². The van der Waals surface area contributed by atoms with Crippen molar-refractivity contribution in [2.45, 2.75) is 6.92 Å². The summed E-state index contributed by atoms with van der Waals surface area (Å²) in [5, 5.41) is 0. The second-order valence-corrected chi connectivity index (χ2v) is 4.71. The lowest BCUT2D eigenvalue weighted by Gasteiger charge is -2.18. The third-order valence-corrected chi connectivity index (χ3v) is 2.52. The Morgan fingerprint density at radius 3 is 2.61 bits per heavy atom. The lowest BCUT2D eigenvalue weighted by atomic mass is 10.2. The summed E-state index contributed by atoms with van der Waals surface area (Å²) in [6.45, 7) is 3.72. The van der Waals surface area contributed by atoms with Crippen LogP contribution in [0.25, 0.3) is 0 Å². The van der Waals surface area contributed by atoms with Crippen molar-refractivity contribution in [3.05, 3.63) is 23.8 Å². The summed E-state index contributed by atoms with van der Waals surface area (Å²) in [5.41, 5.74) is 0.584. The van der Waals surface area contributed by atoms with Crippen LogP contribution in [-0.4, -0.2) is 45.5 Å². The zero-order valence-corrected chi connectivity index (χ0v) is 11.5. The number of rotatable bonds is 7. The van der Waals surface area contributed by atoms with Crippen LogP contribution in [0.4, 0.5) is 0 Å². The van der Waals surface area contributed by atoms with E-state index in [9.17, 15) is 4.79 Å². The number of hydrogen-bond donors (Lipinski definition) is 0. The fourth-order valence-corrected chi connectivity index (χ4v) is 1.78. The first-order chi connectivity index (χ1) is 8.56. The van der Waals surface area contributed by atoms with E-state index in [1.54, 1.807) is 25.3 Å². The number of aldehydes is 1. The van der Waals surface area contributed by atoms with Gasteiger partial charge in [-0.05, 0) is 32.3 Å². The summed E-state index contributed by atoms with van der Waals surface area (Å²) < 4.78 is 10.9. The Kier molecular flexibility index (Phi) is 5.65. The molecular weight excluding hydrogens is 230 g/mol. The van der Waals surface area contributed by atoms with Gasteiger partial charge in [-0.1, -0.05) is 6.92 Å². The molecule has 100 valence electrons. The van der Waals surface area contributed by atoms with Gasteiger partial charge in [0.1, 0.15) is 6.29 Å². The van der Waals surface area contributed by atoms with Crippen molar-refractivity contribution in [1.82, 2.24) is 4.90 Å². The van der Waals surface area contributed by atoms with E-state index in [1.807, 2.05) is 14.1 Å². The molecule has 18 heavy (non-hydrogen) atoms. The molecule has 0 radical (unpaired) electrons. The molecule has 1 aromatic rings. The van der Waals surface area contributed by atoms with Gasteiger partial charge in [0.15, 0.2) is 11.5 Å². The van der Waals surface area contributed by atoms with Crippen molar-refractivity contribution >= 4 is 6.29 Å². The summed E-state index contributed by atoms with van der Waals surface area (Å²) in [6.07, 6.45) is 0.793. The molecule has 0 N–H and O–H groups in total. The normalized spacial score (nSPS) is 12.3. The van der Waals surface area contributed by atoms with Crippen molar-refractivity contribution in [2.75, 3.05) is 34.4 Å². The Balaban J connectivity index is 2.64. The van der Waals surface area contributed by atoms with Crippen LogP contribution < -0.4 is 9.47 Å². The summed E-state index contributed by atoms with van der Waals surface area (Å²) in [6, 6.07) is 5.17. The first-order valence-corrected chi connectivity index (χ1v) is 5.97.